The second-order valence-electron chi connectivity index (χ2n) is 5.39. The molecule has 3 fully saturated rings. The van der Waals surface area contributed by atoms with Gasteiger partial charge in [0.25, 0.3) is 0 Å². The Hall–Kier alpha value is -1.47. The van der Waals surface area contributed by atoms with Gasteiger partial charge >= 0.3 is 5.97 Å². The highest BCUT2D eigenvalue weighted by Gasteiger charge is 2.58. The lowest BCUT2D eigenvalue weighted by molar-refractivity contribution is -0.207. The average Bonchev–Trinajstić information content (AvgIpc) is 3.10. The third kappa shape index (κ3) is 2.24. The van der Waals surface area contributed by atoms with Crippen LogP contribution in [0.25, 0.3) is 0 Å². The average molecular weight is 292 g/mol. The van der Waals surface area contributed by atoms with E-state index in [2.05, 4.69) is 0 Å². The minimum absolute atomic E-state index is 0.293. The van der Waals surface area contributed by atoms with E-state index in [1.807, 2.05) is 30.3 Å². The molecule has 0 aliphatic carbocycles. The molecule has 6 atom stereocenters. The van der Waals surface area contributed by atoms with Gasteiger partial charge in [-0.3, -0.25) is 4.79 Å². The minimum Gasteiger partial charge on any atom is -0.457 e. The number of ether oxygens (including phenoxy) is 5. The Morgan fingerprint density at radius 1 is 1.14 bits per heavy atom. The molecule has 0 radical (unpaired) electrons. The standard InChI is InChI=1S/C15H16O6/c1-8(16)18-11-10-7-17-15(19-10)13-12(11)20-14(21-13)9-5-3-2-4-6-9/h2-6,10-15H,7H2,1H3. The quantitative estimate of drug-likeness (QED) is 0.762. The normalized spacial score (nSPS) is 40.8. The first-order valence-corrected chi connectivity index (χ1v) is 7.02. The Bertz CT molecular complexity index is 532. The number of carbonyl (C=O) groups is 1. The van der Waals surface area contributed by atoms with Gasteiger partial charge in [-0.05, 0) is 0 Å². The smallest absolute Gasteiger partial charge is 0.303 e. The number of esters is 1. The highest BCUT2D eigenvalue weighted by molar-refractivity contribution is 5.66. The first-order chi connectivity index (χ1) is 10.2. The lowest BCUT2D eigenvalue weighted by atomic mass is 10.0. The molecule has 6 nitrogen and oxygen atoms in total. The SMILES string of the molecule is CC(=O)OC1C2COC(O2)C2OC(c3ccccc3)OC12. The van der Waals surface area contributed by atoms with Crippen LogP contribution in [0.2, 0.25) is 0 Å². The molecular formula is C15H16O6. The zero-order chi connectivity index (χ0) is 14.4. The first-order valence-electron chi connectivity index (χ1n) is 7.02. The van der Waals surface area contributed by atoms with E-state index < -0.39 is 24.8 Å². The van der Waals surface area contributed by atoms with Gasteiger partial charge in [-0.1, -0.05) is 30.3 Å². The summed E-state index contributed by atoms with van der Waals surface area (Å²) in [6.45, 7) is 1.76. The molecule has 2 bridgehead atoms. The summed E-state index contributed by atoms with van der Waals surface area (Å²) in [5.41, 5.74) is 0.921. The molecule has 6 heteroatoms. The van der Waals surface area contributed by atoms with E-state index in [-0.39, 0.29) is 18.2 Å². The van der Waals surface area contributed by atoms with Crippen LogP contribution in [0.3, 0.4) is 0 Å². The molecule has 3 aliphatic heterocycles. The summed E-state index contributed by atoms with van der Waals surface area (Å²) in [4.78, 5) is 11.3. The van der Waals surface area contributed by atoms with E-state index in [9.17, 15) is 4.79 Å². The molecule has 3 saturated heterocycles. The molecule has 0 saturated carbocycles. The summed E-state index contributed by atoms with van der Waals surface area (Å²) >= 11 is 0. The Labute approximate surface area is 121 Å². The number of hydrogen-bond acceptors (Lipinski definition) is 6. The van der Waals surface area contributed by atoms with Crippen LogP contribution < -0.4 is 0 Å². The van der Waals surface area contributed by atoms with Gasteiger partial charge in [0.05, 0.1) is 6.61 Å². The van der Waals surface area contributed by atoms with E-state index in [1.54, 1.807) is 0 Å². The van der Waals surface area contributed by atoms with E-state index >= 15 is 0 Å². The zero-order valence-electron chi connectivity index (χ0n) is 11.5. The van der Waals surface area contributed by atoms with Gasteiger partial charge < -0.3 is 23.7 Å². The molecule has 3 heterocycles. The van der Waals surface area contributed by atoms with E-state index in [0.717, 1.165) is 5.56 Å². The Morgan fingerprint density at radius 3 is 2.67 bits per heavy atom. The molecular weight excluding hydrogens is 276 g/mol. The maximum Gasteiger partial charge on any atom is 0.303 e. The molecule has 6 unspecified atom stereocenters. The Morgan fingerprint density at radius 2 is 1.90 bits per heavy atom. The van der Waals surface area contributed by atoms with Gasteiger partial charge in [-0.25, -0.2) is 0 Å². The lowest BCUT2D eigenvalue weighted by Crippen LogP contribution is -2.53. The maximum atomic E-state index is 11.3. The second kappa shape index (κ2) is 5.06. The molecule has 1 aromatic carbocycles. The molecule has 0 amide bonds. The molecule has 21 heavy (non-hydrogen) atoms. The largest absolute Gasteiger partial charge is 0.457 e. The van der Waals surface area contributed by atoms with Crippen LogP contribution in [0, 0.1) is 0 Å². The molecule has 1 aromatic rings. The van der Waals surface area contributed by atoms with Crippen molar-refractivity contribution < 1.29 is 28.5 Å². The van der Waals surface area contributed by atoms with Crippen molar-refractivity contribution in [3.8, 4) is 0 Å². The number of hydrogen-bond donors (Lipinski definition) is 0. The third-order valence-electron chi connectivity index (χ3n) is 3.95. The summed E-state index contributed by atoms with van der Waals surface area (Å²) in [5.74, 6) is -0.362. The van der Waals surface area contributed by atoms with Crippen molar-refractivity contribution in [3.05, 3.63) is 35.9 Å². The number of carbonyl (C=O) groups excluding carboxylic acids is 1. The molecule has 112 valence electrons. The Balaban J connectivity index is 1.59. The topological polar surface area (TPSA) is 63.2 Å². The fourth-order valence-corrected chi connectivity index (χ4v) is 3.05. The fraction of sp³-hybridized carbons (Fsp3) is 0.533. The number of fused-ring (bicyclic) bond motifs is 4. The summed E-state index contributed by atoms with van der Waals surface area (Å²) < 4.78 is 28.6. The van der Waals surface area contributed by atoms with Crippen molar-refractivity contribution in [1.82, 2.24) is 0 Å². The van der Waals surface area contributed by atoms with Crippen LogP contribution in [-0.2, 0) is 28.5 Å². The fourth-order valence-electron chi connectivity index (χ4n) is 3.05. The first kappa shape index (κ1) is 13.2. The van der Waals surface area contributed by atoms with Crippen molar-refractivity contribution in [2.45, 2.75) is 43.9 Å². The van der Waals surface area contributed by atoms with Gasteiger partial charge in [0.1, 0.15) is 18.3 Å². The van der Waals surface area contributed by atoms with E-state index in [1.165, 1.54) is 6.92 Å². The van der Waals surface area contributed by atoms with Crippen molar-refractivity contribution in [2.75, 3.05) is 6.61 Å². The van der Waals surface area contributed by atoms with Crippen LogP contribution in [0.1, 0.15) is 18.8 Å². The summed E-state index contributed by atoms with van der Waals surface area (Å²) in [7, 11) is 0. The predicted octanol–water partition coefficient (Wildman–Crippen LogP) is 1.16. The predicted molar refractivity (Wildman–Crippen MR) is 69.1 cm³/mol. The lowest BCUT2D eigenvalue weighted by Gasteiger charge is -2.34. The van der Waals surface area contributed by atoms with Crippen LogP contribution in [0.15, 0.2) is 30.3 Å². The molecule has 0 N–H and O–H groups in total. The van der Waals surface area contributed by atoms with Gasteiger partial charge in [-0.15, -0.1) is 0 Å². The van der Waals surface area contributed by atoms with Gasteiger partial charge in [0, 0.05) is 12.5 Å². The second-order valence-corrected chi connectivity index (χ2v) is 5.39. The van der Waals surface area contributed by atoms with Crippen molar-refractivity contribution in [2.24, 2.45) is 0 Å². The van der Waals surface area contributed by atoms with Crippen LogP contribution >= 0.6 is 0 Å². The van der Waals surface area contributed by atoms with Crippen LogP contribution in [0.5, 0.6) is 0 Å². The molecule has 3 aliphatic rings. The van der Waals surface area contributed by atoms with Crippen molar-refractivity contribution in [3.63, 3.8) is 0 Å². The zero-order valence-corrected chi connectivity index (χ0v) is 11.5. The van der Waals surface area contributed by atoms with Crippen LogP contribution in [-0.4, -0.2) is 43.3 Å². The van der Waals surface area contributed by atoms with Crippen molar-refractivity contribution in [1.29, 1.82) is 0 Å². The molecule has 0 aromatic heterocycles. The summed E-state index contributed by atoms with van der Waals surface area (Å²) in [5, 5.41) is 0. The van der Waals surface area contributed by atoms with Gasteiger partial charge in [-0.2, -0.15) is 0 Å². The monoisotopic (exact) mass is 292 g/mol. The summed E-state index contributed by atoms with van der Waals surface area (Å²) in [6, 6.07) is 9.65. The third-order valence-corrected chi connectivity index (χ3v) is 3.95. The molecule has 4 rings (SSSR count). The summed E-state index contributed by atoms with van der Waals surface area (Å²) in [6.07, 6.45) is -2.51. The van der Waals surface area contributed by atoms with E-state index in [0.29, 0.717) is 6.61 Å². The van der Waals surface area contributed by atoms with E-state index in [4.69, 9.17) is 23.7 Å². The minimum atomic E-state index is -0.500. The van der Waals surface area contributed by atoms with Gasteiger partial charge in [0.2, 0.25) is 0 Å². The maximum absolute atomic E-state index is 11.3. The highest BCUT2D eigenvalue weighted by Crippen LogP contribution is 2.42. The number of rotatable bonds is 2. The van der Waals surface area contributed by atoms with Gasteiger partial charge in [0.15, 0.2) is 18.7 Å². The Kier molecular flexibility index (Phi) is 3.19. The highest BCUT2D eigenvalue weighted by atomic mass is 16.8. The molecule has 0 spiro atoms. The number of benzene rings is 1. The van der Waals surface area contributed by atoms with Crippen molar-refractivity contribution >= 4 is 5.97 Å². The van der Waals surface area contributed by atoms with Crippen LogP contribution in [0.4, 0.5) is 0 Å².